The fourth-order valence-electron chi connectivity index (χ4n) is 1.91. The average Bonchev–Trinajstić information content (AvgIpc) is 2.81. The van der Waals surface area contributed by atoms with Crippen LogP contribution in [0.2, 0.25) is 0 Å². The molecule has 3 aromatic rings. The second-order valence-corrected chi connectivity index (χ2v) is 4.16. The van der Waals surface area contributed by atoms with E-state index >= 15 is 0 Å². The molecule has 7 heteroatoms. The normalized spacial score (nSPS) is 10.8. The summed E-state index contributed by atoms with van der Waals surface area (Å²) in [5.74, 6) is 0.457. The molecule has 7 nitrogen and oxygen atoms in total. The summed E-state index contributed by atoms with van der Waals surface area (Å²) in [5.41, 5.74) is 1.66. The van der Waals surface area contributed by atoms with Crippen LogP contribution in [0.3, 0.4) is 0 Å². The Labute approximate surface area is 108 Å². The van der Waals surface area contributed by atoms with Crippen molar-refractivity contribution in [2.75, 3.05) is 11.9 Å². The molecule has 0 radical (unpaired) electrons. The van der Waals surface area contributed by atoms with Crippen molar-refractivity contribution in [3.05, 3.63) is 41.1 Å². The minimum absolute atomic E-state index is 0.212. The molecule has 0 aliphatic heterocycles. The standard InChI is InChI=1S/C12H12N6O/c1-17(8-4-3-5-13-6-8)12-15-9-7-14-18(2)10(9)11(19)16-12/h3-7H,1-2H3,(H,15,16,19). The molecule has 0 aromatic carbocycles. The largest absolute Gasteiger partial charge is 0.314 e. The highest BCUT2D eigenvalue weighted by Gasteiger charge is 2.12. The van der Waals surface area contributed by atoms with E-state index in [-0.39, 0.29) is 5.56 Å². The first-order valence-electron chi connectivity index (χ1n) is 5.72. The maximum Gasteiger partial charge on any atom is 0.278 e. The van der Waals surface area contributed by atoms with Crippen LogP contribution in [0, 0.1) is 0 Å². The highest BCUT2D eigenvalue weighted by molar-refractivity contribution is 5.74. The van der Waals surface area contributed by atoms with E-state index in [0.717, 1.165) is 5.69 Å². The van der Waals surface area contributed by atoms with Crippen LogP contribution in [0.15, 0.2) is 35.5 Å². The molecule has 0 bridgehead atoms. The second kappa shape index (κ2) is 4.20. The predicted molar refractivity (Wildman–Crippen MR) is 71.4 cm³/mol. The van der Waals surface area contributed by atoms with Crippen molar-refractivity contribution in [2.24, 2.45) is 7.05 Å². The predicted octanol–water partition coefficient (Wildman–Crippen LogP) is 0.819. The Bertz CT molecular complexity index is 776. The number of pyridine rings is 1. The summed E-state index contributed by atoms with van der Waals surface area (Å²) in [6.45, 7) is 0. The molecule has 3 rings (SSSR count). The molecule has 0 atom stereocenters. The Morgan fingerprint density at radius 3 is 2.95 bits per heavy atom. The van der Waals surface area contributed by atoms with Crippen molar-refractivity contribution in [3.63, 3.8) is 0 Å². The molecule has 0 unspecified atom stereocenters. The van der Waals surface area contributed by atoms with Crippen LogP contribution in [0.5, 0.6) is 0 Å². The van der Waals surface area contributed by atoms with Crippen molar-refractivity contribution in [2.45, 2.75) is 0 Å². The number of nitrogens with one attached hydrogen (secondary N) is 1. The van der Waals surface area contributed by atoms with Gasteiger partial charge in [-0.2, -0.15) is 5.10 Å². The van der Waals surface area contributed by atoms with Gasteiger partial charge in [-0.15, -0.1) is 0 Å². The van der Waals surface area contributed by atoms with Crippen molar-refractivity contribution in [1.82, 2.24) is 24.7 Å². The number of nitrogens with zero attached hydrogens (tertiary/aromatic N) is 5. The van der Waals surface area contributed by atoms with Gasteiger partial charge < -0.3 is 4.90 Å². The van der Waals surface area contributed by atoms with Crippen LogP contribution in [-0.2, 0) is 7.05 Å². The van der Waals surface area contributed by atoms with Gasteiger partial charge in [-0.25, -0.2) is 4.98 Å². The third kappa shape index (κ3) is 1.85. The zero-order valence-corrected chi connectivity index (χ0v) is 10.5. The summed E-state index contributed by atoms with van der Waals surface area (Å²) in [7, 11) is 3.53. The zero-order valence-electron chi connectivity index (χ0n) is 10.5. The lowest BCUT2D eigenvalue weighted by molar-refractivity contribution is 0.791. The van der Waals surface area contributed by atoms with Gasteiger partial charge in [0.1, 0.15) is 5.52 Å². The molecule has 0 amide bonds. The maximum absolute atomic E-state index is 12.0. The number of aromatic nitrogens is 5. The van der Waals surface area contributed by atoms with Crippen LogP contribution in [-0.4, -0.2) is 31.8 Å². The smallest absolute Gasteiger partial charge is 0.278 e. The molecule has 1 N–H and O–H groups in total. The Hall–Kier alpha value is -2.70. The molecule has 19 heavy (non-hydrogen) atoms. The monoisotopic (exact) mass is 256 g/mol. The maximum atomic E-state index is 12.0. The van der Waals surface area contributed by atoms with E-state index in [2.05, 4.69) is 20.1 Å². The summed E-state index contributed by atoms with van der Waals surface area (Å²) < 4.78 is 1.51. The zero-order chi connectivity index (χ0) is 13.4. The lowest BCUT2D eigenvalue weighted by atomic mass is 10.4. The van der Waals surface area contributed by atoms with Crippen LogP contribution in [0.1, 0.15) is 0 Å². The third-order valence-corrected chi connectivity index (χ3v) is 2.94. The molecule has 0 aliphatic carbocycles. The molecule has 0 saturated heterocycles. The van der Waals surface area contributed by atoms with E-state index in [4.69, 9.17) is 0 Å². The van der Waals surface area contributed by atoms with Gasteiger partial charge in [0, 0.05) is 20.3 Å². The third-order valence-electron chi connectivity index (χ3n) is 2.94. The summed E-state index contributed by atoms with van der Waals surface area (Å²) in [6, 6.07) is 3.72. The number of anilines is 2. The van der Waals surface area contributed by atoms with Crippen LogP contribution in [0.25, 0.3) is 11.0 Å². The van der Waals surface area contributed by atoms with E-state index in [0.29, 0.717) is 17.0 Å². The number of hydrogen-bond donors (Lipinski definition) is 1. The Kier molecular flexibility index (Phi) is 2.52. The van der Waals surface area contributed by atoms with Gasteiger partial charge in [-0.05, 0) is 12.1 Å². The fraction of sp³-hybridized carbons (Fsp3) is 0.167. The first kappa shape index (κ1) is 11.4. The number of hydrogen-bond acceptors (Lipinski definition) is 5. The summed E-state index contributed by atoms with van der Waals surface area (Å²) in [4.78, 5) is 25.0. The Morgan fingerprint density at radius 2 is 2.21 bits per heavy atom. The lowest BCUT2D eigenvalue weighted by Gasteiger charge is -2.16. The quantitative estimate of drug-likeness (QED) is 0.734. The van der Waals surface area contributed by atoms with E-state index in [1.165, 1.54) is 4.68 Å². The van der Waals surface area contributed by atoms with E-state index in [1.54, 1.807) is 30.5 Å². The fourth-order valence-corrected chi connectivity index (χ4v) is 1.91. The van der Waals surface area contributed by atoms with Crippen LogP contribution in [0.4, 0.5) is 11.6 Å². The summed E-state index contributed by atoms with van der Waals surface area (Å²) >= 11 is 0. The molecule has 96 valence electrons. The van der Waals surface area contributed by atoms with E-state index < -0.39 is 0 Å². The number of H-pyrrole nitrogens is 1. The molecule has 3 heterocycles. The van der Waals surface area contributed by atoms with Gasteiger partial charge in [0.2, 0.25) is 5.95 Å². The van der Waals surface area contributed by atoms with Gasteiger partial charge in [-0.1, -0.05) is 0 Å². The molecular weight excluding hydrogens is 244 g/mol. The average molecular weight is 256 g/mol. The summed E-state index contributed by atoms with van der Waals surface area (Å²) in [5, 5.41) is 4.03. The van der Waals surface area contributed by atoms with Gasteiger partial charge in [0.05, 0.1) is 18.1 Å². The van der Waals surface area contributed by atoms with Crippen LogP contribution < -0.4 is 10.5 Å². The van der Waals surface area contributed by atoms with E-state index in [9.17, 15) is 4.79 Å². The highest BCUT2D eigenvalue weighted by atomic mass is 16.1. The van der Waals surface area contributed by atoms with Crippen molar-refractivity contribution >= 4 is 22.7 Å². The van der Waals surface area contributed by atoms with Crippen LogP contribution >= 0.6 is 0 Å². The number of aryl methyl sites for hydroxylation is 1. The van der Waals surface area contributed by atoms with E-state index in [1.807, 2.05) is 19.2 Å². The first-order chi connectivity index (χ1) is 9.16. The number of fused-ring (bicyclic) bond motifs is 1. The lowest BCUT2D eigenvalue weighted by Crippen LogP contribution is -2.19. The molecular formula is C12H12N6O. The molecule has 3 aromatic heterocycles. The minimum atomic E-state index is -0.212. The Balaban J connectivity index is 2.14. The highest BCUT2D eigenvalue weighted by Crippen LogP contribution is 2.18. The number of rotatable bonds is 2. The first-order valence-corrected chi connectivity index (χ1v) is 5.72. The molecule has 0 saturated carbocycles. The van der Waals surface area contributed by atoms with Gasteiger partial charge >= 0.3 is 0 Å². The Morgan fingerprint density at radius 1 is 1.37 bits per heavy atom. The number of aromatic amines is 1. The van der Waals surface area contributed by atoms with Gasteiger partial charge in [-0.3, -0.25) is 19.4 Å². The SMILES string of the molecule is CN(c1cccnc1)c1nc2cnn(C)c2c(=O)[nH]1. The van der Waals surface area contributed by atoms with Crippen molar-refractivity contribution in [3.8, 4) is 0 Å². The van der Waals surface area contributed by atoms with Gasteiger partial charge in [0.15, 0.2) is 5.52 Å². The minimum Gasteiger partial charge on any atom is -0.314 e. The van der Waals surface area contributed by atoms with Crippen molar-refractivity contribution < 1.29 is 0 Å². The molecule has 0 spiro atoms. The second-order valence-electron chi connectivity index (χ2n) is 4.16. The van der Waals surface area contributed by atoms with Crippen molar-refractivity contribution in [1.29, 1.82) is 0 Å². The molecule has 0 fully saturated rings. The van der Waals surface area contributed by atoms with Gasteiger partial charge in [0.25, 0.3) is 5.56 Å². The topological polar surface area (TPSA) is 79.7 Å². The molecule has 0 aliphatic rings. The summed E-state index contributed by atoms with van der Waals surface area (Å²) in [6.07, 6.45) is 4.97.